The van der Waals surface area contributed by atoms with Gasteiger partial charge in [0.2, 0.25) is 10.0 Å². The molecule has 226 valence electrons. The molecular formula is C32H28F2N4O5S. The minimum absolute atomic E-state index is 0.132. The van der Waals surface area contributed by atoms with Gasteiger partial charge in [-0.2, -0.15) is 0 Å². The smallest absolute Gasteiger partial charge is 0.271 e. The normalized spacial score (nSPS) is 13.5. The number of nitrogens with zero attached hydrogens (tertiary/aromatic N) is 2. The molecule has 0 fully saturated rings. The summed E-state index contributed by atoms with van der Waals surface area (Å²) in [6, 6.07) is 14.8. The van der Waals surface area contributed by atoms with E-state index in [0.29, 0.717) is 38.7 Å². The Hall–Kier alpha value is -4.97. The van der Waals surface area contributed by atoms with Gasteiger partial charge < -0.3 is 19.2 Å². The number of benzene rings is 3. The summed E-state index contributed by atoms with van der Waals surface area (Å²) in [5.74, 6) is -1.64. The Kier molecular flexibility index (Phi) is 7.24. The summed E-state index contributed by atoms with van der Waals surface area (Å²) in [6.45, 7) is 1.86. The van der Waals surface area contributed by atoms with Crippen molar-refractivity contribution in [1.29, 1.82) is 0 Å². The summed E-state index contributed by atoms with van der Waals surface area (Å²) < 4.78 is 63.8. The molecule has 12 heteroatoms. The highest BCUT2D eigenvalue weighted by molar-refractivity contribution is 7.92. The fourth-order valence-electron chi connectivity index (χ4n) is 5.48. The van der Waals surface area contributed by atoms with Crippen LogP contribution in [0.15, 0.2) is 71.2 Å². The topological polar surface area (TPSA) is 114 Å². The summed E-state index contributed by atoms with van der Waals surface area (Å²) >= 11 is 0. The van der Waals surface area contributed by atoms with Crippen LogP contribution in [0.4, 0.5) is 14.5 Å². The molecule has 0 spiro atoms. The molecular weight excluding hydrogens is 590 g/mol. The number of hydrogen-bond acceptors (Lipinski definition) is 5. The van der Waals surface area contributed by atoms with Crippen molar-refractivity contribution in [3.8, 4) is 11.3 Å². The maximum absolute atomic E-state index is 14.4. The Morgan fingerprint density at radius 2 is 1.77 bits per heavy atom. The van der Waals surface area contributed by atoms with Crippen LogP contribution in [0.2, 0.25) is 0 Å². The Balaban J connectivity index is 1.44. The van der Waals surface area contributed by atoms with Crippen molar-refractivity contribution in [3.05, 3.63) is 95.2 Å². The number of carbonyl (C=O) groups excluding carboxylic acids is 2. The number of carbonyl (C=O) groups is 2. The van der Waals surface area contributed by atoms with E-state index in [0.717, 1.165) is 0 Å². The highest BCUT2D eigenvalue weighted by Crippen LogP contribution is 2.40. The number of hydrogen-bond donors (Lipinski definition) is 2. The Labute approximate surface area is 251 Å². The zero-order valence-corrected chi connectivity index (χ0v) is 24.9. The lowest BCUT2D eigenvalue weighted by atomic mass is 9.99. The first-order valence-corrected chi connectivity index (χ1v) is 15.5. The van der Waals surface area contributed by atoms with Crippen molar-refractivity contribution in [1.82, 2.24) is 14.8 Å². The van der Waals surface area contributed by atoms with Crippen molar-refractivity contribution < 1.29 is 31.2 Å². The van der Waals surface area contributed by atoms with Crippen LogP contribution in [-0.4, -0.2) is 55.6 Å². The molecule has 2 N–H and O–H groups in total. The first kappa shape index (κ1) is 29.1. The van der Waals surface area contributed by atoms with E-state index >= 15 is 0 Å². The SMILES string of the molecule is CCS(=O)(=O)Nc1cc2oc(-c3ccc(F)cc3)c(C(=O)NC)c2cc1C1=CCN(C(=O)c2cc3c(F)cccc3n2C)C1. The first-order valence-electron chi connectivity index (χ1n) is 13.8. The Bertz CT molecular complexity index is 2110. The summed E-state index contributed by atoms with van der Waals surface area (Å²) in [4.78, 5) is 28.3. The van der Waals surface area contributed by atoms with Gasteiger partial charge in [-0.1, -0.05) is 12.1 Å². The van der Waals surface area contributed by atoms with Crippen molar-refractivity contribution >= 4 is 55.0 Å². The average Bonchev–Trinajstić information content (AvgIpc) is 3.73. The van der Waals surface area contributed by atoms with Crippen LogP contribution < -0.4 is 10.0 Å². The molecule has 6 rings (SSSR count). The van der Waals surface area contributed by atoms with Gasteiger partial charge in [-0.05, 0) is 61.0 Å². The van der Waals surface area contributed by atoms with E-state index in [2.05, 4.69) is 10.0 Å². The van der Waals surface area contributed by atoms with Gasteiger partial charge in [0.15, 0.2) is 0 Å². The predicted molar refractivity (Wildman–Crippen MR) is 165 cm³/mol. The van der Waals surface area contributed by atoms with Crippen LogP contribution in [0, 0.1) is 11.6 Å². The number of aromatic nitrogens is 1. The number of sulfonamides is 1. The molecule has 2 aromatic heterocycles. The van der Waals surface area contributed by atoms with Gasteiger partial charge in [0.25, 0.3) is 11.8 Å². The van der Waals surface area contributed by atoms with Crippen LogP contribution in [0.1, 0.15) is 33.3 Å². The highest BCUT2D eigenvalue weighted by atomic mass is 32.2. The van der Waals surface area contributed by atoms with Gasteiger partial charge in [-0.15, -0.1) is 0 Å². The van der Waals surface area contributed by atoms with Crippen molar-refractivity contribution in [2.45, 2.75) is 6.92 Å². The third-order valence-electron chi connectivity index (χ3n) is 7.84. The Morgan fingerprint density at radius 3 is 2.45 bits per heavy atom. The van der Waals surface area contributed by atoms with E-state index in [1.54, 1.807) is 34.7 Å². The van der Waals surface area contributed by atoms with Crippen LogP contribution in [-0.2, 0) is 17.1 Å². The van der Waals surface area contributed by atoms with E-state index in [4.69, 9.17) is 4.42 Å². The van der Waals surface area contributed by atoms with E-state index in [1.165, 1.54) is 56.4 Å². The molecule has 0 atom stereocenters. The molecule has 0 saturated heterocycles. The van der Waals surface area contributed by atoms with Gasteiger partial charge >= 0.3 is 0 Å². The second-order valence-electron chi connectivity index (χ2n) is 10.5. The molecule has 0 aliphatic carbocycles. The Morgan fingerprint density at radius 1 is 1.02 bits per heavy atom. The maximum Gasteiger partial charge on any atom is 0.271 e. The van der Waals surface area contributed by atoms with E-state index in [-0.39, 0.29) is 47.3 Å². The number of anilines is 1. The van der Waals surface area contributed by atoms with Crippen molar-refractivity contribution in [2.24, 2.45) is 7.05 Å². The fraction of sp³-hybridized carbons (Fsp3) is 0.188. The number of nitrogens with one attached hydrogen (secondary N) is 2. The predicted octanol–water partition coefficient (Wildman–Crippen LogP) is 5.53. The number of halogens is 2. The molecule has 3 heterocycles. The van der Waals surface area contributed by atoms with Crippen LogP contribution in [0.3, 0.4) is 0 Å². The molecule has 1 aliphatic rings. The van der Waals surface area contributed by atoms with Crippen LogP contribution in [0.25, 0.3) is 38.8 Å². The molecule has 0 unspecified atom stereocenters. The summed E-state index contributed by atoms with van der Waals surface area (Å²) in [5, 5.41) is 3.36. The van der Waals surface area contributed by atoms with Gasteiger partial charge in [0.1, 0.15) is 28.7 Å². The lowest BCUT2D eigenvalue weighted by molar-refractivity contribution is 0.0792. The maximum atomic E-state index is 14.4. The number of aryl methyl sites for hydroxylation is 1. The number of fused-ring (bicyclic) bond motifs is 2. The molecule has 5 aromatic rings. The van der Waals surface area contributed by atoms with Gasteiger partial charge in [0, 0.05) is 55.2 Å². The quantitative estimate of drug-likeness (QED) is 0.249. The second kappa shape index (κ2) is 10.9. The first-order chi connectivity index (χ1) is 21.0. The third kappa shape index (κ3) is 5.00. The van der Waals surface area contributed by atoms with E-state index in [1.807, 2.05) is 6.08 Å². The molecule has 1 aliphatic heterocycles. The van der Waals surface area contributed by atoms with E-state index < -0.39 is 27.6 Å². The number of furan rings is 1. The molecule has 0 saturated carbocycles. The minimum Gasteiger partial charge on any atom is -0.455 e. The summed E-state index contributed by atoms with van der Waals surface area (Å²) in [7, 11) is -0.559. The summed E-state index contributed by atoms with van der Waals surface area (Å²) in [5.41, 5.74) is 3.12. The lowest BCUT2D eigenvalue weighted by Crippen LogP contribution is -2.30. The van der Waals surface area contributed by atoms with Crippen LogP contribution in [0.5, 0.6) is 0 Å². The zero-order valence-electron chi connectivity index (χ0n) is 24.1. The largest absolute Gasteiger partial charge is 0.455 e. The standard InChI is InChI=1S/C32H28F2N4O5S/c1-4-44(41,42)36-25-16-28-23(29(31(39)35-2)30(43-28)18-8-10-20(33)11-9-18)14-21(25)19-12-13-38(17-19)32(40)27-15-22-24(34)6-5-7-26(22)37(27)3/h5-12,14-16,36H,4,13,17H2,1-3H3,(H,35,39). The number of rotatable bonds is 7. The monoisotopic (exact) mass is 618 g/mol. The average molecular weight is 619 g/mol. The third-order valence-corrected chi connectivity index (χ3v) is 9.13. The molecule has 3 aromatic carbocycles. The van der Waals surface area contributed by atoms with Crippen molar-refractivity contribution in [3.63, 3.8) is 0 Å². The van der Waals surface area contributed by atoms with Gasteiger partial charge in [0.05, 0.1) is 22.5 Å². The second-order valence-corrected chi connectivity index (χ2v) is 12.5. The summed E-state index contributed by atoms with van der Waals surface area (Å²) in [6.07, 6.45) is 1.81. The zero-order chi connectivity index (χ0) is 31.3. The minimum atomic E-state index is -3.73. The fourth-order valence-corrected chi connectivity index (χ4v) is 6.13. The molecule has 0 radical (unpaired) electrons. The molecule has 2 amide bonds. The number of amides is 2. The molecule has 44 heavy (non-hydrogen) atoms. The van der Waals surface area contributed by atoms with E-state index in [9.17, 15) is 26.8 Å². The highest BCUT2D eigenvalue weighted by Gasteiger charge is 2.29. The molecule has 9 nitrogen and oxygen atoms in total. The van der Waals surface area contributed by atoms with Gasteiger partial charge in [-0.3, -0.25) is 14.3 Å². The molecule has 0 bridgehead atoms. The lowest BCUT2D eigenvalue weighted by Gasteiger charge is -2.18. The van der Waals surface area contributed by atoms with Crippen LogP contribution >= 0.6 is 0 Å². The van der Waals surface area contributed by atoms with Crippen molar-refractivity contribution in [2.75, 3.05) is 30.6 Å². The van der Waals surface area contributed by atoms with Gasteiger partial charge in [-0.25, -0.2) is 17.2 Å².